The Bertz CT molecular complexity index is 1270. The maximum absolute atomic E-state index is 12.7. The molecule has 7 heteroatoms. The van der Waals surface area contributed by atoms with Gasteiger partial charge in [-0.05, 0) is 35.9 Å². The lowest BCUT2D eigenvalue weighted by atomic mass is 10.1. The summed E-state index contributed by atoms with van der Waals surface area (Å²) in [5.74, 6) is 0.666. The highest BCUT2D eigenvalue weighted by Crippen LogP contribution is 2.28. The first kappa shape index (κ1) is 20.9. The third-order valence-electron chi connectivity index (χ3n) is 4.76. The van der Waals surface area contributed by atoms with E-state index in [2.05, 4.69) is 15.7 Å². The molecule has 0 aliphatic rings. The van der Waals surface area contributed by atoms with E-state index in [0.29, 0.717) is 29.3 Å². The molecule has 0 bridgehead atoms. The minimum atomic E-state index is -0.350. The van der Waals surface area contributed by atoms with Crippen LogP contribution >= 0.6 is 0 Å². The highest BCUT2D eigenvalue weighted by atomic mass is 16.5. The highest BCUT2D eigenvalue weighted by molar-refractivity contribution is 5.95. The third kappa shape index (κ3) is 5.02. The highest BCUT2D eigenvalue weighted by Gasteiger charge is 2.14. The zero-order valence-corrected chi connectivity index (χ0v) is 17.5. The van der Waals surface area contributed by atoms with Crippen molar-refractivity contribution in [2.75, 3.05) is 5.32 Å². The van der Waals surface area contributed by atoms with Gasteiger partial charge in [0.15, 0.2) is 11.4 Å². The first-order valence-corrected chi connectivity index (χ1v) is 10.1. The van der Waals surface area contributed by atoms with Crippen molar-refractivity contribution in [2.24, 2.45) is 7.05 Å². The Morgan fingerprint density at radius 1 is 0.969 bits per heavy atom. The Morgan fingerprint density at radius 3 is 2.44 bits per heavy atom. The lowest BCUT2D eigenvalue weighted by molar-refractivity contribution is 0.0951. The molecular weight excluding hydrogens is 404 g/mol. The van der Waals surface area contributed by atoms with Gasteiger partial charge < -0.3 is 15.4 Å². The van der Waals surface area contributed by atoms with Gasteiger partial charge in [-0.3, -0.25) is 9.59 Å². The number of nitrogens with zero attached hydrogens (tertiary/aromatic N) is 2. The van der Waals surface area contributed by atoms with Gasteiger partial charge in [-0.1, -0.05) is 54.6 Å². The predicted molar refractivity (Wildman–Crippen MR) is 123 cm³/mol. The van der Waals surface area contributed by atoms with E-state index in [1.54, 1.807) is 43.4 Å². The van der Waals surface area contributed by atoms with E-state index in [0.717, 1.165) is 5.56 Å². The van der Waals surface area contributed by atoms with Crippen molar-refractivity contribution < 1.29 is 9.53 Å². The molecule has 0 saturated heterocycles. The lowest BCUT2D eigenvalue weighted by Gasteiger charge is -2.14. The Labute approximate surface area is 185 Å². The summed E-state index contributed by atoms with van der Waals surface area (Å²) in [6.07, 6.45) is 1.48. The first-order valence-electron chi connectivity index (χ1n) is 10.1. The Morgan fingerprint density at radius 2 is 1.69 bits per heavy atom. The average molecular weight is 426 g/mol. The Kier molecular flexibility index (Phi) is 6.27. The van der Waals surface area contributed by atoms with Crippen molar-refractivity contribution >= 4 is 17.3 Å². The number of aryl methyl sites for hydroxylation is 1. The summed E-state index contributed by atoms with van der Waals surface area (Å²) in [6.45, 7) is 0.428. The van der Waals surface area contributed by atoms with Crippen molar-refractivity contribution in [1.82, 2.24) is 15.1 Å². The number of benzene rings is 3. The summed E-state index contributed by atoms with van der Waals surface area (Å²) < 4.78 is 7.08. The van der Waals surface area contributed by atoms with Crippen LogP contribution < -0.4 is 20.9 Å². The SMILES string of the molecule is Cn1ncc(Oc2ccccc2)c(Nc2cccc(C(=O)NCc3ccccc3)c2)c1=O. The summed E-state index contributed by atoms with van der Waals surface area (Å²) >= 11 is 0. The summed E-state index contributed by atoms with van der Waals surface area (Å²) in [5, 5.41) is 10.0. The molecule has 0 radical (unpaired) electrons. The van der Waals surface area contributed by atoms with Crippen LogP contribution in [0, 0.1) is 0 Å². The molecule has 1 aromatic heterocycles. The number of carbonyl (C=O) groups is 1. The van der Waals surface area contributed by atoms with Crippen LogP contribution in [0.2, 0.25) is 0 Å². The smallest absolute Gasteiger partial charge is 0.294 e. The molecule has 32 heavy (non-hydrogen) atoms. The number of carbonyl (C=O) groups excluding carboxylic acids is 1. The van der Waals surface area contributed by atoms with Crippen LogP contribution in [0.4, 0.5) is 11.4 Å². The molecule has 1 amide bonds. The van der Waals surface area contributed by atoms with Crippen LogP contribution in [0.5, 0.6) is 11.5 Å². The maximum atomic E-state index is 12.7. The van der Waals surface area contributed by atoms with Gasteiger partial charge in [0.2, 0.25) is 0 Å². The second-order valence-corrected chi connectivity index (χ2v) is 7.10. The van der Waals surface area contributed by atoms with Gasteiger partial charge in [-0.25, -0.2) is 4.68 Å². The van der Waals surface area contributed by atoms with E-state index in [1.165, 1.54) is 10.9 Å². The molecule has 0 unspecified atom stereocenters. The monoisotopic (exact) mass is 426 g/mol. The van der Waals surface area contributed by atoms with Gasteiger partial charge in [0.25, 0.3) is 11.5 Å². The molecule has 0 spiro atoms. The predicted octanol–water partition coefficient (Wildman–Crippen LogP) is 4.25. The van der Waals surface area contributed by atoms with E-state index >= 15 is 0 Å². The first-order chi connectivity index (χ1) is 15.6. The molecule has 0 fully saturated rings. The molecule has 7 nitrogen and oxygen atoms in total. The van der Waals surface area contributed by atoms with Crippen LogP contribution in [-0.2, 0) is 13.6 Å². The van der Waals surface area contributed by atoms with E-state index in [1.807, 2.05) is 48.5 Å². The van der Waals surface area contributed by atoms with Gasteiger partial charge in [0, 0.05) is 24.8 Å². The summed E-state index contributed by atoms with van der Waals surface area (Å²) in [6, 6.07) is 25.8. The number of hydrogen-bond acceptors (Lipinski definition) is 5. The summed E-state index contributed by atoms with van der Waals surface area (Å²) in [5.41, 5.74) is 1.95. The number of nitrogens with one attached hydrogen (secondary N) is 2. The van der Waals surface area contributed by atoms with Crippen LogP contribution in [0.1, 0.15) is 15.9 Å². The van der Waals surface area contributed by atoms with Gasteiger partial charge >= 0.3 is 0 Å². The van der Waals surface area contributed by atoms with Crippen molar-refractivity contribution in [2.45, 2.75) is 6.54 Å². The minimum absolute atomic E-state index is 0.208. The van der Waals surface area contributed by atoms with E-state index in [4.69, 9.17) is 4.74 Å². The quantitative estimate of drug-likeness (QED) is 0.462. The molecule has 4 aromatic rings. The number of hydrogen-bond donors (Lipinski definition) is 2. The topological polar surface area (TPSA) is 85.2 Å². The number of para-hydroxylation sites is 1. The Balaban J connectivity index is 1.55. The van der Waals surface area contributed by atoms with E-state index in [9.17, 15) is 9.59 Å². The molecule has 0 atom stereocenters. The third-order valence-corrected chi connectivity index (χ3v) is 4.76. The average Bonchev–Trinajstić information content (AvgIpc) is 2.84. The number of anilines is 2. The summed E-state index contributed by atoms with van der Waals surface area (Å²) in [7, 11) is 1.56. The molecule has 0 saturated carbocycles. The normalized spacial score (nSPS) is 10.4. The molecule has 1 heterocycles. The van der Waals surface area contributed by atoms with E-state index < -0.39 is 0 Å². The summed E-state index contributed by atoms with van der Waals surface area (Å²) in [4.78, 5) is 25.4. The number of aromatic nitrogens is 2. The fourth-order valence-corrected chi connectivity index (χ4v) is 3.09. The van der Waals surface area contributed by atoms with Crippen molar-refractivity contribution in [1.29, 1.82) is 0 Å². The largest absolute Gasteiger partial charge is 0.453 e. The fourth-order valence-electron chi connectivity index (χ4n) is 3.09. The zero-order chi connectivity index (χ0) is 22.3. The minimum Gasteiger partial charge on any atom is -0.453 e. The van der Waals surface area contributed by atoms with Crippen molar-refractivity contribution in [3.05, 3.63) is 113 Å². The lowest BCUT2D eigenvalue weighted by Crippen LogP contribution is -2.23. The second kappa shape index (κ2) is 9.61. The van der Waals surface area contributed by atoms with Crippen molar-refractivity contribution in [3.63, 3.8) is 0 Å². The van der Waals surface area contributed by atoms with Gasteiger partial charge in [-0.2, -0.15) is 5.10 Å². The van der Waals surface area contributed by atoms with Gasteiger partial charge in [0.05, 0.1) is 6.20 Å². The second-order valence-electron chi connectivity index (χ2n) is 7.10. The van der Waals surface area contributed by atoms with Crippen LogP contribution in [0.15, 0.2) is 95.9 Å². The fraction of sp³-hybridized carbons (Fsp3) is 0.0800. The molecular formula is C25H22N4O3. The number of rotatable bonds is 7. The zero-order valence-electron chi connectivity index (χ0n) is 17.5. The van der Waals surface area contributed by atoms with Crippen molar-refractivity contribution in [3.8, 4) is 11.5 Å². The number of ether oxygens (including phenoxy) is 1. The molecule has 2 N–H and O–H groups in total. The Hall–Kier alpha value is -4.39. The molecule has 0 aliphatic carbocycles. The molecule has 3 aromatic carbocycles. The molecule has 160 valence electrons. The van der Waals surface area contributed by atoms with Crippen LogP contribution in [0.25, 0.3) is 0 Å². The van der Waals surface area contributed by atoms with Gasteiger partial charge in [-0.15, -0.1) is 0 Å². The van der Waals surface area contributed by atoms with Crippen LogP contribution in [0.3, 0.4) is 0 Å². The van der Waals surface area contributed by atoms with Crippen LogP contribution in [-0.4, -0.2) is 15.7 Å². The molecule has 4 rings (SSSR count). The standard InChI is InChI=1S/C25H22N4O3/c1-29-25(31)23(22(17-27-29)32-21-13-6-3-7-14-21)28-20-12-8-11-19(15-20)24(30)26-16-18-9-4-2-5-10-18/h2-15,17,28H,16H2,1H3,(H,26,30). The maximum Gasteiger partial charge on any atom is 0.294 e. The number of amides is 1. The van der Waals surface area contributed by atoms with E-state index in [-0.39, 0.29) is 17.2 Å². The molecule has 0 aliphatic heterocycles. The van der Waals surface area contributed by atoms with Gasteiger partial charge in [0.1, 0.15) is 5.75 Å².